The summed E-state index contributed by atoms with van der Waals surface area (Å²) < 4.78 is 10.7. The lowest BCUT2D eigenvalue weighted by atomic mass is 10.2. The summed E-state index contributed by atoms with van der Waals surface area (Å²) in [4.78, 5) is 50.9. The highest BCUT2D eigenvalue weighted by Gasteiger charge is 2.31. The van der Waals surface area contributed by atoms with Gasteiger partial charge < -0.3 is 14.4 Å². The minimum Gasteiger partial charge on any atom is -0.452 e. The average Bonchev–Trinajstić information content (AvgIpc) is 2.97. The molecule has 0 spiro atoms. The van der Waals surface area contributed by atoms with Gasteiger partial charge in [0.05, 0.1) is 23.5 Å². The number of carbonyl (C=O) groups is 4. The maximum absolute atomic E-state index is 12.3. The second-order valence-corrected chi connectivity index (χ2v) is 6.81. The molecule has 0 aromatic heterocycles. The summed E-state index contributed by atoms with van der Waals surface area (Å²) in [6, 6.07) is 6.09. The molecule has 27 heavy (non-hydrogen) atoms. The van der Waals surface area contributed by atoms with Gasteiger partial charge in [0.25, 0.3) is 5.91 Å². The van der Waals surface area contributed by atoms with E-state index >= 15 is 0 Å². The molecule has 2 aliphatic rings. The van der Waals surface area contributed by atoms with Crippen molar-refractivity contribution in [2.75, 3.05) is 24.6 Å². The van der Waals surface area contributed by atoms with Gasteiger partial charge in [0.1, 0.15) is 0 Å². The molecule has 2 saturated heterocycles. The van der Waals surface area contributed by atoms with Crippen molar-refractivity contribution < 1.29 is 28.7 Å². The van der Waals surface area contributed by atoms with Gasteiger partial charge in [-0.3, -0.25) is 19.3 Å². The van der Waals surface area contributed by atoms with Crippen LogP contribution in [0.5, 0.6) is 0 Å². The normalized spacial score (nSPS) is 22.9. The first-order chi connectivity index (χ1) is 12.8. The largest absolute Gasteiger partial charge is 0.452 e. The van der Waals surface area contributed by atoms with E-state index in [4.69, 9.17) is 9.47 Å². The third-order valence-corrected chi connectivity index (χ3v) is 4.49. The van der Waals surface area contributed by atoms with Crippen LogP contribution in [-0.2, 0) is 23.9 Å². The van der Waals surface area contributed by atoms with Crippen LogP contribution in [0, 0.1) is 0 Å². The average molecular weight is 374 g/mol. The highest BCUT2D eigenvalue weighted by molar-refractivity contribution is 6.20. The van der Waals surface area contributed by atoms with Crippen molar-refractivity contribution in [3.05, 3.63) is 29.8 Å². The van der Waals surface area contributed by atoms with Crippen LogP contribution in [0.2, 0.25) is 0 Å². The summed E-state index contributed by atoms with van der Waals surface area (Å²) in [6.45, 7) is 4.30. The zero-order chi connectivity index (χ0) is 19.6. The summed E-state index contributed by atoms with van der Waals surface area (Å²) in [7, 11) is 0. The molecule has 3 rings (SSSR count). The molecule has 0 saturated carbocycles. The number of anilines is 1. The van der Waals surface area contributed by atoms with E-state index in [-0.39, 0.29) is 54.9 Å². The fourth-order valence-corrected chi connectivity index (χ4v) is 3.32. The molecule has 1 aromatic rings. The predicted molar refractivity (Wildman–Crippen MR) is 95.0 cm³/mol. The van der Waals surface area contributed by atoms with Crippen LogP contribution in [0.3, 0.4) is 0 Å². The Morgan fingerprint density at radius 2 is 1.74 bits per heavy atom. The summed E-state index contributed by atoms with van der Waals surface area (Å²) >= 11 is 0. The number of ether oxygens (including phenoxy) is 2. The number of carbonyl (C=O) groups excluding carboxylic acids is 4. The van der Waals surface area contributed by atoms with Gasteiger partial charge in [-0.25, -0.2) is 4.79 Å². The SMILES string of the molecule is C[C@@H]1CN(C(=O)COC(=O)c2cccc(N3C(=O)CCC3=O)c2)C[C@@H](C)O1. The summed E-state index contributed by atoms with van der Waals surface area (Å²) in [5.74, 6) is -1.56. The number of morpholine rings is 1. The first-order valence-corrected chi connectivity index (χ1v) is 8.91. The number of rotatable bonds is 4. The van der Waals surface area contributed by atoms with Gasteiger partial charge in [-0.05, 0) is 32.0 Å². The Morgan fingerprint density at radius 1 is 1.11 bits per heavy atom. The van der Waals surface area contributed by atoms with Crippen LogP contribution < -0.4 is 4.90 Å². The van der Waals surface area contributed by atoms with Crippen molar-refractivity contribution >= 4 is 29.4 Å². The lowest BCUT2D eigenvalue weighted by Crippen LogP contribution is -2.49. The van der Waals surface area contributed by atoms with Gasteiger partial charge in [0, 0.05) is 25.9 Å². The molecule has 0 unspecified atom stereocenters. The topological polar surface area (TPSA) is 93.2 Å². The highest BCUT2D eigenvalue weighted by Crippen LogP contribution is 2.23. The van der Waals surface area contributed by atoms with E-state index in [9.17, 15) is 19.2 Å². The van der Waals surface area contributed by atoms with Crippen molar-refractivity contribution in [2.24, 2.45) is 0 Å². The summed E-state index contributed by atoms with van der Waals surface area (Å²) in [6.07, 6.45) is 0.192. The summed E-state index contributed by atoms with van der Waals surface area (Å²) in [5, 5.41) is 0. The maximum Gasteiger partial charge on any atom is 0.338 e. The summed E-state index contributed by atoms with van der Waals surface area (Å²) in [5.41, 5.74) is 0.510. The molecule has 0 N–H and O–H groups in total. The molecule has 8 heteroatoms. The first-order valence-electron chi connectivity index (χ1n) is 8.91. The molecular weight excluding hydrogens is 352 g/mol. The van der Waals surface area contributed by atoms with E-state index in [1.807, 2.05) is 13.8 Å². The molecule has 8 nitrogen and oxygen atoms in total. The molecule has 3 amide bonds. The number of nitrogens with zero attached hydrogens (tertiary/aromatic N) is 2. The Bertz CT molecular complexity index is 751. The van der Waals surface area contributed by atoms with Crippen molar-refractivity contribution in [3.8, 4) is 0 Å². The van der Waals surface area contributed by atoms with Gasteiger partial charge in [0.15, 0.2) is 6.61 Å². The van der Waals surface area contributed by atoms with Crippen LogP contribution in [0.1, 0.15) is 37.0 Å². The van der Waals surface area contributed by atoms with E-state index in [1.54, 1.807) is 17.0 Å². The number of hydrogen-bond acceptors (Lipinski definition) is 6. The Labute approximate surface area is 157 Å². The number of benzene rings is 1. The molecule has 2 heterocycles. The lowest BCUT2D eigenvalue weighted by Gasteiger charge is -2.35. The minimum atomic E-state index is -0.682. The monoisotopic (exact) mass is 374 g/mol. The number of imide groups is 1. The van der Waals surface area contributed by atoms with Gasteiger partial charge in [-0.2, -0.15) is 0 Å². The van der Waals surface area contributed by atoms with Crippen molar-refractivity contribution in [1.82, 2.24) is 4.90 Å². The zero-order valence-corrected chi connectivity index (χ0v) is 15.3. The lowest BCUT2D eigenvalue weighted by molar-refractivity contribution is -0.146. The van der Waals surface area contributed by atoms with Crippen LogP contribution in [0.25, 0.3) is 0 Å². The minimum absolute atomic E-state index is 0.0689. The molecule has 0 bridgehead atoms. The predicted octanol–water partition coefficient (Wildman–Crippen LogP) is 1.13. The third-order valence-electron chi connectivity index (χ3n) is 4.49. The van der Waals surface area contributed by atoms with Crippen LogP contribution in [0.15, 0.2) is 24.3 Å². The van der Waals surface area contributed by atoms with E-state index < -0.39 is 5.97 Å². The fraction of sp³-hybridized carbons (Fsp3) is 0.474. The van der Waals surface area contributed by atoms with Crippen molar-refractivity contribution in [1.29, 1.82) is 0 Å². The van der Waals surface area contributed by atoms with Crippen LogP contribution >= 0.6 is 0 Å². The van der Waals surface area contributed by atoms with Gasteiger partial charge in [-0.15, -0.1) is 0 Å². The van der Waals surface area contributed by atoms with Gasteiger partial charge in [0.2, 0.25) is 11.8 Å². The smallest absolute Gasteiger partial charge is 0.338 e. The second kappa shape index (κ2) is 7.87. The van der Waals surface area contributed by atoms with Gasteiger partial charge >= 0.3 is 5.97 Å². The molecule has 2 aliphatic heterocycles. The molecule has 144 valence electrons. The molecule has 0 aliphatic carbocycles. The highest BCUT2D eigenvalue weighted by atomic mass is 16.5. The van der Waals surface area contributed by atoms with E-state index in [0.717, 1.165) is 4.90 Å². The molecule has 1 aromatic carbocycles. The van der Waals surface area contributed by atoms with Gasteiger partial charge in [-0.1, -0.05) is 6.07 Å². The first kappa shape index (κ1) is 19.0. The second-order valence-electron chi connectivity index (χ2n) is 6.81. The number of amides is 3. The number of hydrogen-bond donors (Lipinski definition) is 0. The number of esters is 1. The molecular formula is C19H22N2O6. The Balaban J connectivity index is 1.61. The van der Waals surface area contributed by atoms with E-state index in [1.165, 1.54) is 12.1 Å². The molecule has 0 radical (unpaired) electrons. The van der Waals surface area contributed by atoms with E-state index in [2.05, 4.69) is 0 Å². The fourth-order valence-electron chi connectivity index (χ4n) is 3.32. The molecule has 2 fully saturated rings. The Morgan fingerprint density at radius 3 is 2.37 bits per heavy atom. The third kappa shape index (κ3) is 4.33. The Kier molecular flexibility index (Phi) is 5.55. The van der Waals surface area contributed by atoms with Crippen LogP contribution in [-0.4, -0.2) is 60.5 Å². The van der Waals surface area contributed by atoms with Crippen molar-refractivity contribution in [2.45, 2.75) is 38.9 Å². The van der Waals surface area contributed by atoms with Crippen LogP contribution in [0.4, 0.5) is 5.69 Å². The maximum atomic E-state index is 12.3. The zero-order valence-electron chi connectivity index (χ0n) is 15.3. The standard InChI is InChI=1S/C19H22N2O6/c1-12-9-20(10-13(2)27-12)18(24)11-26-19(25)14-4-3-5-15(8-14)21-16(22)6-7-17(21)23/h3-5,8,12-13H,6-7,9-11H2,1-2H3/t12-,13-/m1/s1. The Hall–Kier alpha value is -2.74. The quantitative estimate of drug-likeness (QED) is 0.579. The molecule has 2 atom stereocenters. The van der Waals surface area contributed by atoms with Crippen molar-refractivity contribution in [3.63, 3.8) is 0 Å². The van der Waals surface area contributed by atoms with E-state index in [0.29, 0.717) is 18.8 Å².